The number of nitrogens with one attached hydrogen (secondary N) is 1. The molecule has 1 atom stereocenters. The van der Waals surface area contributed by atoms with Crippen molar-refractivity contribution in [1.82, 2.24) is 4.90 Å². The van der Waals surface area contributed by atoms with Gasteiger partial charge in [0.2, 0.25) is 11.8 Å². The summed E-state index contributed by atoms with van der Waals surface area (Å²) >= 11 is 7.33. The van der Waals surface area contributed by atoms with Crippen LogP contribution >= 0.6 is 23.4 Å². The van der Waals surface area contributed by atoms with Crippen LogP contribution in [0.5, 0.6) is 0 Å². The van der Waals surface area contributed by atoms with Crippen molar-refractivity contribution in [1.29, 1.82) is 0 Å². The minimum absolute atomic E-state index is 0.0994. The maximum Gasteiger partial charge on any atom is 0.242 e. The normalized spacial score (nSPS) is 20.2. The number of benzene rings is 1. The molecule has 5 nitrogen and oxygen atoms in total. The number of halogens is 1. The zero-order valence-corrected chi connectivity index (χ0v) is 13.6. The molecule has 1 heterocycles. The van der Waals surface area contributed by atoms with Gasteiger partial charge in [-0.15, -0.1) is 0 Å². The van der Waals surface area contributed by atoms with Gasteiger partial charge in [0.25, 0.3) is 0 Å². The summed E-state index contributed by atoms with van der Waals surface area (Å²) in [5.74, 6) is -0.316. The van der Waals surface area contributed by atoms with E-state index in [1.54, 1.807) is 26.2 Å². The molecule has 1 aliphatic rings. The van der Waals surface area contributed by atoms with Gasteiger partial charge >= 0.3 is 0 Å². The van der Waals surface area contributed by atoms with Crippen molar-refractivity contribution >= 4 is 46.0 Å². The second-order valence-electron chi connectivity index (χ2n) is 4.73. The summed E-state index contributed by atoms with van der Waals surface area (Å²) in [5, 5.41) is 3.57. The van der Waals surface area contributed by atoms with E-state index in [2.05, 4.69) is 10.3 Å². The predicted molar refractivity (Wildman–Crippen MR) is 86.9 cm³/mol. The predicted octanol–water partition coefficient (Wildman–Crippen LogP) is 2.54. The quantitative estimate of drug-likeness (QED) is 0.929. The molecule has 1 saturated heterocycles. The maximum absolute atomic E-state index is 12.0. The number of carbonyl (C=O) groups is 2. The average Bonchev–Trinajstić information content (AvgIpc) is 2.70. The highest BCUT2D eigenvalue weighted by atomic mass is 35.5. The van der Waals surface area contributed by atoms with E-state index in [1.165, 1.54) is 16.7 Å². The van der Waals surface area contributed by atoms with Crippen LogP contribution in [0.2, 0.25) is 5.02 Å². The lowest BCUT2D eigenvalue weighted by Gasteiger charge is -2.09. The monoisotopic (exact) mass is 325 g/mol. The molecular weight excluding hydrogens is 310 g/mol. The summed E-state index contributed by atoms with van der Waals surface area (Å²) < 4.78 is 0. The fourth-order valence-electron chi connectivity index (χ4n) is 1.95. The summed E-state index contributed by atoms with van der Waals surface area (Å²) in [7, 11) is 3.29. The number of rotatable bonds is 3. The lowest BCUT2D eigenvalue weighted by Crippen LogP contribution is -2.30. The van der Waals surface area contributed by atoms with Gasteiger partial charge in [-0.05, 0) is 24.6 Å². The number of nitrogens with zero attached hydrogens (tertiary/aromatic N) is 2. The van der Waals surface area contributed by atoms with Crippen LogP contribution in [0.1, 0.15) is 12.0 Å². The molecule has 0 unspecified atom stereocenters. The summed E-state index contributed by atoms with van der Waals surface area (Å²) in [6.45, 7) is 1.89. The van der Waals surface area contributed by atoms with E-state index in [4.69, 9.17) is 11.6 Å². The molecule has 0 radical (unpaired) electrons. The fourth-order valence-corrected chi connectivity index (χ4v) is 3.23. The van der Waals surface area contributed by atoms with Crippen molar-refractivity contribution in [2.75, 3.05) is 19.4 Å². The molecule has 112 valence electrons. The minimum Gasteiger partial charge on any atom is -0.326 e. The number of carbonyl (C=O) groups excluding carboxylic acids is 2. The standard InChI is InChI=1S/C14H16ClN3O2S/c1-8-4-5-9(6-10(8)15)17-12(19)7-11-13(20)18(3)14(16-2)21-11/h4-6,11H,7H2,1-3H3,(H,17,19)/t11-/m1/s1. The van der Waals surface area contributed by atoms with E-state index >= 15 is 0 Å². The Kier molecular flexibility index (Phi) is 4.90. The third kappa shape index (κ3) is 3.57. The van der Waals surface area contributed by atoms with Gasteiger partial charge in [-0.3, -0.25) is 19.5 Å². The number of aryl methyl sites for hydroxylation is 1. The fraction of sp³-hybridized carbons (Fsp3) is 0.357. The minimum atomic E-state index is -0.422. The van der Waals surface area contributed by atoms with Crippen molar-refractivity contribution in [2.45, 2.75) is 18.6 Å². The van der Waals surface area contributed by atoms with Crippen molar-refractivity contribution in [3.8, 4) is 0 Å². The molecule has 1 fully saturated rings. The Morgan fingerprint density at radius 2 is 2.24 bits per heavy atom. The van der Waals surface area contributed by atoms with Crippen molar-refractivity contribution in [3.05, 3.63) is 28.8 Å². The van der Waals surface area contributed by atoms with Gasteiger partial charge in [-0.25, -0.2) is 0 Å². The first kappa shape index (κ1) is 15.9. The summed E-state index contributed by atoms with van der Waals surface area (Å²) in [6, 6.07) is 5.32. The Labute approximate surface area is 132 Å². The molecular formula is C14H16ClN3O2S. The molecule has 21 heavy (non-hydrogen) atoms. The number of aliphatic imine (C=N–C) groups is 1. The Morgan fingerprint density at radius 3 is 2.81 bits per heavy atom. The Balaban J connectivity index is 1.99. The van der Waals surface area contributed by atoms with Gasteiger partial charge in [0, 0.05) is 31.2 Å². The molecule has 2 rings (SSSR count). The molecule has 7 heteroatoms. The van der Waals surface area contributed by atoms with Crippen LogP contribution in [0.3, 0.4) is 0 Å². The van der Waals surface area contributed by atoms with Gasteiger partial charge in [-0.2, -0.15) is 0 Å². The van der Waals surface area contributed by atoms with Crippen LogP contribution < -0.4 is 5.32 Å². The molecule has 0 aliphatic carbocycles. The first-order valence-corrected chi connectivity index (χ1v) is 7.65. The number of anilines is 1. The Hall–Kier alpha value is -1.53. The van der Waals surface area contributed by atoms with Crippen LogP contribution in [-0.2, 0) is 9.59 Å². The first-order valence-electron chi connectivity index (χ1n) is 6.39. The molecule has 0 spiro atoms. The van der Waals surface area contributed by atoms with E-state index in [1.807, 2.05) is 13.0 Å². The van der Waals surface area contributed by atoms with E-state index in [0.717, 1.165) is 5.56 Å². The Morgan fingerprint density at radius 1 is 1.52 bits per heavy atom. The molecule has 1 aliphatic heterocycles. The third-order valence-corrected chi connectivity index (χ3v) is 4.89. The number of hydrogen-bond donors (Lipinski definition) is 1. The Bertz CT molecular complexity index is 618. The van der Waals surface area contributed by atoms with Crippen LogP contribution in [0, 0.1) is 6.92 Å². The largest absolute Gasteiger partial charge is 0.326 e. The van der Waals surface area contributed by atoms with Gasteiger partial charge in [-0.1, -0.05) is 29.4 Å². The molecule has 2 amide bonds. The molecule has 1 aromatic rings. The zero-order valence-electron chi connectivity index (χ0n) is 12.0. The zero-order chi connectivity index (χ0) is 15.6. The SMILES string of the molecule is CN=C1S[C@H](CC(=O)Nc2ccc(C)c(Cl)c2)C(=O)N1C. The van der Waals surface area contributed by atoms with Crippen LogP contribution in [-0.4, -0.2) is 41.2 Å². The van der Waals surface area contributed by atoms with Crippen LogP contribution in [0.4, 0.5) is 5.69 Å². The van der Waals surface area contributed by atoms with Gasteiger partial charge in [0.05, 0.1) is 0 Å². The molecule has 0 aromatic heterocycles. The van der Waals surface area contributed by atoms with Gasteiger partial charge < -0.3 is 5.32 Å². The molecule has 1 N–H and O–H groups in total. The van der Waals surface area contributed by atoms with Crippen LogP contribution in [0.25, 0.3) is 0 Å². The number of amides is 2. The summed E-state index contributed by atoms with van der Waals surface area (Å²) in [5.41, 5.74) is 1.57. The van der Waals surface area contributed by atoms with Crippen molar-refractivity contribution in [2.24, 2.45) is 4.99 Å². The molecule has 0 bridgehead atoms. The summed E-state index contributed by atoms with van der Waals surface area (Å²) in [4.78, 5) is 29.5. The van der Waals surface area contributed by atoms with Gasteiger partial charge in [0.1, 0.15) is 5.25 Å². The lowest BCUT2D eigenvalue weighted by molar-refractivity contribution is -0.127. The smallest absolute Gasteiger partial charge is 0.242 e. The van der Waals surface area contributed by atoms with E-state index < -0.39 is 5.25 Å². The second kappa shape index (κ2) is 6.49. The van der Waals surface area contributed by atoms with Gasteiger partial charge in [0.15, 0.2) is 5.17 Å². The topological polar surface area (TPSA) is 61.8 Å². The third-order valence-electron chi connectivity index (χ3n) is 3.16. The lowest BCUT2D eigenvalue weighted by atomic mass is 10.2. The van der Waals surface area contributed by atoms with E-state index in [-0.39, 0.29) is 18.2 Å². The van der Waals surface area contributed by atoms with Crippen molar-refractivity contribution in [3.63, 3.8) is 0 Å². The van der Waals surface area contributed by atoms with Crippen molar-refractivity contribution < 1.29 is 9.59 Å². The number of thioether (sulfide) groups is 1. The van der Waals surface area contributed by atoms with E-state index in [0.29, 0.717) is 15.9 Å². The number of hydrogen-bond acceptors (Lipinski definition) is 4. The van der Waals surface area contributed by atoms with E-state index in [9.17, 15) is 9.59 Å². The summed E-state index contributed by atoms with van der Waals surface area (Å²) in [6.07, 6.45) is 0.109. The highest BCUT2D eigenvalue weighted by Crippen LogP contribution is 2.28. The van der Waals surface area contributed by atoms with Crippen LogP contribution in [0.15, 0.2) is 23.2 Å². The average molecular weight is 326 g/mol. The molecule has 1 aromatic carbocycles. The maximum atomic E-state index is 12.0. The molecule has 0 saturated carbocycles. The highest BCUT2D eigenvalue weighted by molar-refractivity contribution is 8.15. The highest BCUT2D eigenvalue weighted by Gasteiger charge is 2.36. The second-order valence-corrected chi connectivity index (χ2v) is 6.30. The number of amidine groups is 1. The first-order chi connectivity index (χ1) is 9.92.